The number of pyridine rings is 1. The molecule has 0 aliphatic rings. The van der Waals surface area contributed by atoms with Crippen LogP contribution in [0.1, 0.15) is 11.7 Å². The summed E-state index contributed by atoms with van der Waals surface area (Å²) in [6, 6.07) is 11.3. The zero-order valence-electron chi connectivity index (χ0n) is 10.4. The molecule has 20 heavy (non-hydrogen) atoms. The van der Waals surface area contributed by atoms with Gasteiger partial charge >= 0.3 is 0 Å². The smallest absolute Gasteiger partial charge is 0.258 e. The molecule has 5 nitrogen and oxygen atoms in total. The molecule has 1 atom stereocenters. The van der Waals surface area contributed by atoms with Crippen LogP contribution in [0.25, 0.3) is 0 Å². The Morgan fingerprint density at radius 3 is 2.55 bits per heavy atom. The number of nitrogens with one attached hydrogen (secondary N) is 1. The van der Waals surface area contributed by atoms with Crippen molar-refractivity contribution in [3.8, 4) is 0 Å². The van der Waals surface area contributed by atoms with Gasteiger partial charge in [0.05, 0.1) is 6.10 Å². The van der Waals surface area contributed by atoms with E-state index in [1.165, 1.54) is 12.3 Å². The summed E-state index contributed by atoms with van der Waals surface area (Å²) >= 11 is 5.94. The molecule has 0 fully saturated rings. The molecule has 2 aromatic rings. The van der Waals surface area contributed by atoms with Gasteiger partial charge in [0.2, 0.25) is 0 Å². The van der Waals surface area contributed by atoms with Crippen molar-refractivity contribution in [2.45, 2.75) is 11.1 Å². The molecule has 1 unspecified atom stereocenters. The number of aliphatic hydroxyl groups is 1. The molecule has 7 heteroatoms. The summed E-state index contributed by atoms with van der Waals surface area (Å²) in [7, 11) is -3.74. The van der Waals surface area contributed by atoms with Crippen LogP contribution in [-0.2, 0) is 10.0 Å². The molecule has 1 heterocycles. The molecule has 0 saturated heterocycles. The first-order valence-corrected chi connectivity index (χ1v) is 7.70. The second kappa shape index (κ2) is 6.32. The number of rotatable bonds is 5. The Hall–Kier alpha value is -1.47. The highest BCUT2D eigenvalue weighted by atomic mass is 35.5. The highest BCUT2D eigenvalue weighted by Gasteiger charge is 2.18. The Morgan fingerprint density at radius 2 is 1.90 bits per heavy atom. The molecular weight excluding hydrogens is 300 g/mol. The van der Waals surface area contributed by atoms with Crippen LogP contribution < -0.4 is 4.72 Å². The molecule has 1 aromatic carbocycles. The molecule has 2 N–H and O–H groups in total. The van der Waals surface area contributed by atoms with Crippen LogP contribution >= 0.6 is 11.6 Å². The molecule has 0 radical (unpaired) electrons. The second-order valence-electron chi connectivity index (χ2n) is 4.06. The number of benzene rings is 1. The third kappa shape index (κ3) is 3.55. The molecule has 1 aromatic heterocycles. The van der Waals surface area contributed by atoms with Crippen molar-refractivity contribution in [1.82, 2.24) is 9.71 Å². The normalized spacial score (nSPS) is 13.1. The monoisotopic (exact) mass is 312 g/mol. The lowest BCUT2D eigenvalue weighted by molar-refractivity contribution is 0.182. The third-order valence-electron chi connectivity index (χ3n) is 2.64. The molecule has 106 valence electrons. The van der Waals surface area contributed by atoms with E-state index in [-0.39, 0.29) is 11.6 Å². The number of nitrogens with zero attached hydrogens (tertiary/aromatic N) is 1. The first kappa shape index (κ1) is 14.9. The summed E-state index contributed by atoms with van der Waals surface area (Å²) in [6.07, 6.45) is 0.362. The predicted molar refractivity (Wildman–Crippen MR) is 75.8 cm³/mol. The van der Waals surface area contributed by atoms with Gasteiger partial charge in [-0.05, 0) is 18.2 Å². The highest BCUT2D eigenvalue weighted by molar-refractivity contribution is 7.89. The number of hydrogen-bond acceptors (Lipinski definition) is 4. The summed E-state index contributed by atoms with van der Waals surface area (Å²) in [5.41, 5.74) is 0.470. The minimum Gasteiger partial charge on any atom is -0.387 e. The van der Waals surface area contributed by atoms with Crippen molar-refractivity contribution >= 4 is 21.6 Å². The first-order chi connectivity index (χ1) is 9.50. The molecule has 0 aliphatic carbocycles. The number of sulfonamides is 1. The van der Waals surface area contributed by atoms with E-state index in [4.69, 9.17) is 11.6 Å². The van der Waals surface area contributed by atoms with Crippen molar-refractivity contribution < 1.29 is 13.5 Å². The van der Waals surface area contributed by atoms with Gasteiger partial charge in [0.25, 0.3) is 10.0 Å². The quantitative estimate of drug-likeness (QED) is 0.881. The fraction of sp³-hybridized carbons (Fsp3) is 0.154. The lowest BCUT2D eigenvalue weighted by Crippen LogP contribution is -2.29. The second-order valence-corrected chi connectivity index (χ2v) is 6.18. The summed E-state index contributed by atoms with van der Waals surface area (Å²) in [4.78, 5) is 3.76. The summed E-state index contributed by atoms with van der Waals surface area (Å²) in [5, 5.41) is 10.3. The largest absolute Gasteiger partial charge is 0.387 e. The molecule has 0 saturated carbocycles. The lowest BCUT2D eigenvalue weighted by atomic mass is 10.1. The summed E-state index contributed by atoms with van der Waals surface area (Å²) in [6.45, 7) is -0.178. The fourth-order valence-electron chi connectivity index (χ4n) is 1.62. The average Bonchev–Trinajstić information content (AvgIpc) is 2.46. The van der Waals surface area contributed by atoms with Crippen LogP contribution in [0.15, 0.2) is 53.7 Å². The highest BCUT2D eigenvalue weighted by Crippen LogP contribution is 2.22. The fourth-order valence-corrected chi connectivity index (χ4v) is 2.87. The summed E-state index contributed by atoms with van der Waals surface area (Å²) in [5.74, 6) is 0. The zero-order valence-corrected chi connectivity index (χ0v) is 12.0. The Bertz CT molecular complexity index is 677. The van der Waals surface area contributed by atoms with Gasteiger partial charge in [-0.1, -0.05) is 35.9 Å². The van der Waals surface area contributed by atoms with Crippen molar-refractivity contribution in [2.24, 2.45) is 0 Å². The van der Waals surface area contributed by atoms with Gasteiger partial charge in [-0.25, -0.2) is 18.1 Å². The number of hydrogen-bond donors (Lipinski definition) is 2. The molecular formula is C13H13ClN2O3S. The van der Waals surface area contributed by atoms with E-state index in [2.05, 4.69) is 9.71 Å². The van der Waals surface area contributed by atoms with Crippen molar-refractivity contribution in [2.75, 3.05) is 6.54 Å². The van der Waals surface area contributed by atoms with Gasteiger partial charge in [-0.3, -0.25) is 0 Å². The van der Waals surface area contributed by atoms with Crippen molar-refractivity contribution in [3.05, 3.63) is 59.2 Å². The van der Waals surface area contributed by atoms with Gasteiger partial charge in [0, 0.05) is 23.3 Å². The minimum atomic E-state index is -3.74. The van der Waals surface area contributed by atoms with Gasteiger partial charge < -0.3 is 5.11 Å². The lowest BCUT2D eigenvalue weighted by Gasteiger charge is -2.13. The maximum Gasteiger partial charge on any atom is 0.258 e. The van der Waals surface area contributed by atoms with Gasteiger partial charge in [0.1, 0.15) is 0 Å². The standard InChI is InChI=1S/C13H13ClN2O3S/c14-11-6-2-1-5-10(11)12(17)9-16-20(18,19)13-7-3-4-8-15-13/h1-8,12,16-17H,9H2. The topological polar surface area (TPSA) is 79.3 Å². The average molecular weight is 313 g/mol. The Morgan fingerprint density at radius 1 is 1.20 bits per heavy atom. The summed E-state index contributed by atoms with van der Waals surface area (Å²) < 4.78 is 26.2. The Balaban J connectivity index is 2.08. The SMILES string of the molecule is O=S(=O)(NCC(O)c1ccccc1Cl)c1ccccn1. The molecule has 2 rings (SSSR count). The predicted octanol–water partition coefficient (Wildman–Crippen LogP) is 1.75. The number of aromatic nitrogens is 1. The first-order valence-electron chi connectivity index (χ1n) is 5.84. The van der Waals surface area contributed by atoms with Crippen LogP contribution in [0.3, 0.4) is 0 Å². The third-order valence-corrected chi connectivity index (χ3v) is 4.33. The van der Waals surface area contributed by atoms with Crippen LogP contribution in [0.5, 0.6) is 0 Å². The molecule has 0 amide bonds. The molecule has 0 bridgehead atoms. The molecule has 0 spiro atoms. The van der Waals surface area contributed by atoms with E-state index < -0.39 is 16.1 Å². The maximum atomic E-state index is 11.9. The van der Waals surface area contributed by atoms with Crippen LogP contribution in [0.2, 0.25) is 5.02 Å². The van der Waals surface area contributed by atoms with Crippen LogP contribution in [-0.4, -0.2) is 25.1 Å². The van der Waals surface area contributed by atoms with Crippen molar-refractivity contribution in [1.29, 1.82) is 0 Å². The van der Waals surface area contributed by atoms with Crippen molar-refractivity contribution in [3.63, 3.8) is 0 Å². The van der Waals surface area contributed by atoms with E-state index in [1.807, 2.05) is 0 Å². The number of halogens is 1. The van der Waals surface area contributed by atoms with E-state index in [9.17, 15) is 13.5 Å². The van der Waals surface area contributed by atoms with E-state index >= 15 is 0 Å². The van der Waals surface area contributed by atoms with E-state index in [0.717, 1.165) is 0 Å². The number of aliphatic hydroxyl groups excluding tert-OH is 1. The van der Waals surface area contributed by atoms with Gasteiger partial charge in [-0.15, -0.1) is 0 Å². The van der Waals surface area contributed by atoms with Gasteiger partial charge in [0.15, 0.2) is 5.03 Å². The maximum absolute atomic E-state index is 11.9. The van der Waals surface area contributed by atoms with Gasteiger partial charge in [-0.2, -0.15) is 0 Å². The minimum absolute atomic E-state index is 0.0913. The molecule has 0 aliphatic heterocycles. The van der Waals surface area contributed by atoms with E-state index in [1.54, 1.807) is 36.4 Å². The Labute approximate surface area is 122 Å². The Kier molecular flexibility index (Phi) is 4.72. The van der Waals surface area contributed by atoms with E-state index in [0.29, 0.717) is 10.6 Å². The van der Waals surface area contributed by atoms with Crippen LogP contribution in [0, 0.1) is 0 Å². The zero-order chi connectivity index (χ0) is 14.6. The van der Waals surface area contributed by atoms with Crippen LogP contribution in [0.4, 0.5) is 0 Å².